The molecule has 3 aromatic rings. The summed E-state index contributed by atoms with van der Waals surface area (Å²) in [5.74, 6) is 0.851. The van der Waals surface area contributed by atoms with E-state index in [4.69, 9.17) is 10.5 Å². The van der Waals surface area contributed by atoms with Gasteiger partial charge >= 0.3 is 0 Å². The number of anilines is 1. The van der Waals surface area contributed by atoms with Crippen molar-refractivity contribution >= 4 is 16.5 Å². The van der Waals surface area contributed by atoms with Crippen LogP contribution in [-0.4, -0.2) is 4.98 Å². The number of nitrogens with zero attached hydrogens (tertiary/aromatic N) is 1. The molecule has 0 saturated heterocycles. The van der Waals surface area contributed by atoms with Gasteiger partial charge in [0.1, 0.15) is 12.4 Å². The average Bonchev–Trinajstić information content (AvgIpc) is 2.47. The summed E-state index contributed by atoms with van der Waals surface area (Å²) in [6, 6.07) is 15.8. The summed E-state index contributed by atoms with van der Waals surface area (Å²) in [4.78, 5) is 4.18. The number of pyridine rings is 1. The molecule has 0 fully saturated rings. The molecule has 0 radical (unpaired) electrons. The van der Waals surface area contributed by atoms with Crippen LogP contribution in [0.3, 0.4) is 0 Å². The van der Waals surface area contributed by atoms with Gasteiger partial charge in [-0.1, -0.05) is 24.3 Å². The van der Waals surface area contributed by atoms with Crippen molar-refractivity contribution in [2.24, 2.45) is 0 Å². The van der Waals surface area contributed by atoms with E-state index in [2.05, 4.69) is 4.98 Å². The Morgan fingerprint density at radius 3 is 2.65 bits per heavy atom. The highest BCUT2D eigenvalue weighted by atomic mass is 16.5. The summed E-state index contributed by atoms with van der Waals surface area (Å²) in [6.45, 7) is 2.50. The number of ether oxygens (including phenoxy) is 1. The maximum absolute atomic E-state index is 5.99. The molecule has 3 heteroatoms. The number of aromatic nitrogens is 1. The fourth-order valence-electron chi connectivity index (χ4n) is 2.28. The predicted molar refractivity (Wildman–Crippen MR) is 81.7 cm³/mol. The summed E-state index contributed by atoms with van der Waals surface area (Å²) in [5.41, 5.74) is 8.86. The molecule has 3 nitrogen and oxygen atoms in total. The molecule has 3 rings (SSSR count). The van der Waals surface area contributed by atoms with Crippen molar-refractivity contribution in [3.05, 3.63) is 66.0 Å². The van der Waals surface area contributed by atoms with Crippen LogP contribution in [-0.2, 0) is 6.61 Å². The first kappa shape index (κ1) is 12.5. The Kier molecular flexibility index (Phi) is 3.25. The lowest BCUT2D eigenvalue weighted by Gasteiger charge is -2.11. The Morgan fingerprint density at radius 2 is 1.85 bits per heavy atom. The molecular weight excluding hydrogens is 248 g/mol. The number of nitrogen functional groups attached to an aromatic ring is 1. The largest absolute Gasteiger partial charge is 0.488 e. The predicted octanol–water partition coefficient (Wildman–Crippen LogP) is 3.70. The second-order valence-electron chi connectivity index (χ2n) is 4.79. The van der Waals surface area contributed by atoms with Crippen LogP contribution in [0.4, 0.5) is 5.69 Å². The lowest BCUT2D eigenvalue weighted by Crippen LogP contribution is -1.98. The second-order valence-corrected chi connectivity index (χ2v) is 4.79. The highest BCUT2D eigenvalue weighted by Gasteiger charge is 2.05. The van der Waals surface area contributed by atoms with Crippen LogP contribution in [0.25, 0.3) is 10.8 Å². The van der Waals surface area contributed by atoms with Crippen molar-refractivity contribution in [1.29, 1.82) is 0 Å². The Balaban J connectivity index is 1.90. The molecule has 20 heavy (non-hydrogen) atoms. The number of hydrogen-bond donors (Lipinski definition) is 1. The van der Waals surface area contributed by atoms with Gasteiger partial charge in [0.2, 0.25) is 0 Å². The summed E-state index contributed by atoms with van der Waals surface area (Å²) < 4.78 is 5.93. The van der Waals surface area contributed by atoms with Crippen LogP contribution in [0.2, 0.25) is 0 Å². The molecule has 0 spiro atoms. The van der Waals surface area contributed by atoms with Gasteiger partial charge in [0.15, 0.2) is 0 Å². The molecule has 0 aliphatic heterocycles. The Hall–Kier alpha value is -2.55. The normalized spacial score (nSPS) is 10.7. The van der Waals surface area contributed by atoms with Crippen molar-refractivity contribution in [2.75, 3.05) is 5.73 Å². The molecule has 2 N–H and O–H groups in total. The van der Waals surface area contributed by atoms with Crippen LogP contribution < -0.4 is 10.5 Å². The molecule has 2 aromatic carbocycles. The summed E-state index contributed by atoms with van der Waals surface area (Å²) in [7, 11) is 0. The smallest absolute Gasteiger partial charge is 0.127 e. The van der Waals surface area contributed by atoms with Gasteiger partial charge in [0, 0.05) is 28.4 Å². The van der Waals surface area contributed by atoms with Gasteiger partial charge in [0.05, 0.1) is 0 Å². The zero-order valence-electron chi connectivity index (χ0n) is 11.3. The average molecular weight is 264 g/mol. The highest BCUT2D eigenvalue weighted by Crippen LogP contribution is 2.30. The van der Waals surface area contributed by atoms with E-state index in [0.717, 1.165) is 33.5 Å². The van der Waals surface area contributed by atoms with E-state index in [1.54, 1.807) is 6.20 Å². The van der Waals surface area contributed by atoms with Gasteiger partial charge in [0.25, 0.3) is 0 Å². The van der Waals surface area contributed by atoms with Gasteiger partial charge in [-0.3, -0.25) is 4.98 Å². The first-order valence-corrected chi connectivity index (χ1v) is 6.55. The molecule has 0 atom stereocenters. The Bertz CT molecular complexity index is 753. The minimum atomic E-state index is 0.525. The minimum absolute atomic E-state index is 0.525. The van der Waals surface area contributed by atoms with E-state index in [0.29, 0.717) is 6.61 Å². The Morgan fingerprint density at radius 1 is 1.05 bits per heavy atom. The molecule has 1 heterocycles. The molecule has 0 saturated carbocycles. The first-order chi connectivity index (χ1) is 9.74. The molecule has 100 valence electrons. The van der Waals surface area contributed by atoms with Crippen LogP contribution in [0.1, 0.15) is 11.3 Å². The topological polar surface area (TPSA) is 48.1 Å². The van der Waals surface area contributed by atoms with Crippen molar-refractivity contribution in [3.63, 3.8) is 0 Å². The monoisotopic (exact) mass is 264 g/mol. The maximum Gasteiger partial charge on any atom is 0.127 e. The summed E-state index contributed by atoms with van der Waals surface area (Å²) in [5, 5.41) is 2.06. The van der Waals surface area contributed by atoms with Gasteiger partial charge in [-0.25, -0.2) is 0 Å². The van der Waals surface area contributed by atoms with E-state index in [1.807, 2.05) is 55.5 Å². The third-order valence-electron chi connectivity index (χ3n) is 3.27. The van der Waals surface area contributed by atoms with Crippen LogP contribution >= 0.6 is 0 Å². The van der Waals surface area contributed by atoms with Gasteiger partial charge in [-0.15, -0.1) is 0 Å². The number of rotatable bonds is 3. The van der Waals surface area contributed by atoms with Crippen LogP contribution in [0.15, 0.2) is 54.7 Å². The van der Waals surface area contributed by atoms with Crippen molar-refractivity contribution in [3.8, 4) is 5.75 Å². The van der Waals surface area contributed by atoms with Crippen LogP contribution in [0, 0.1) is 6.92 Å². The highest BCUT2D eigenvalue weighted by molar-refractivity contribution is 5.96. The molecule has 0 amide bonds. The van der Waals surface area contributed by atoms with Gasteiger partial charge < -0.3 is 10.5 Å². The van der Waals surface area contributed by atoms with Crippen LogP contribution in [0.5, 0.6) is 5.75 Å². The van der Waals surface area contributed by atoms with E-state index >= 15 is 0 Å². The van der Waals surface area contributed by atoms with Crippen molar-refractivity contribution < 1.29 is 4.74 Å². The number of aryl methyl sites for hydroxylation is 1. The zero-order valence-corrected chi connectivity index (χ0v) is 11.3. The summed E-state index contributed by atoms with van der Waals surface area (Å²) in [6.07, 6.45) is 1.80. The standard InChI is InChI=1S/C17H16N2O/c1-12-10-13(8-9-19-12)11-20-17-7-6-16(18)14-4-2-3-5-15(14)17/h2-10H,11,18H2,1H3. The fraction of sp³-hybridized carbons (Fsp3) is 0.118. The van der Waals surface area contributed by atoms with E-state index in [9.17, 15) is 0 Å². The van der Waals surface area contributed by atoms with E-state index in [-0.39, 0.29) is 0 Å². The molecule has 0 aliphatic rings. The lowest BCUT2D eigenvalue weighted by molar-refractivity contribution is 0.310. The lowest BCUT2D eigenvalue weighted by atomic mass is 10.1. The maximum atomic E-state index is 5.99. The second kappa shape index (κ2) is 5.21. The Labute approximate surface area is 118 Å². The number of hydrogen-bond acceptors (Lipinski definition) is 3. The number of nitrogens with two attached hydrogens (primary N) is 1. The van der Waals surface area contributed by atoms with E-state index < -0.39 is 0 Å². The molecular formula is C17H16N2O. The van der Waals surface area contributed by atoms with Crippen molar-refractivity contribution in [2.45, 2.75) is 13.5 Å². The van der Waals surface area contributed by atoms with E-state index in [1.165, 1.54) is 0 Å². The number of fused-ring (bicyclic) bond motifs is 1. The quantitative estimate of drug-likeness (QED) is 0.734. The third-order valence-corrected chi connectivity index (χ3v) is 3.27. The SMILES string of the molecule is Cc1cc(COc2ccc(N)c3ccccc23)ccn1. The summed E-state index contributed by atoms with van der Waals surface area (Å²) >= 11 is 0. The minimum Gasteiger partial charge on any atom is -0.488 e. The molecule has 0 bridgehead atoms. The van der Waals surface area contributed by atoms with Crippen molar-refractivity contribution in [1.82, 2.24) is 4.98 Å². The zero-order chi connectivity index (χ0) is 13.9. The number of benzene rings is 2. The van der Waals surface area contributed by atoms with Gasteiger partial charge in [-0.05, 0) is 36.8 Å². The molecule has 1 aromatic heterocycles. The molecule has 0 unspecified atom stereocenters. The molecule has 0 aliphatic carbocycles. The fourth-order valence-corrected chi connectivity index (χ4v) is 2.28. The van der Waals surface area contributed by atoms with Gasteiger partial charge in [-0.2, -0.15) is 0 Å². The first-order valence-electron chi connectivity index (χ1n) is 6.55. The third kappa shape index (κ3) is 2.43.